The van der Waals surface area contributed by atoms with Gasteiger partial charge in [0.2, 0.25) is 10.0 Å². The Morgan fingerprint density at radius 1 is 1.63 bits per heavy atom. The van der Waals surface area contributed by atoms with E-state index in [0.717, 1.165) is 24.3 Å². The Morgan fingerprint density at radius 3 is 3.05 bits per heavy atom. The van der Waals surface area contributed by atoms with Crippen LogP contribution in [0.3, 0.4) is 0 Å². The summed E-state index contributed by atoms with van der Waals surface area (Å²) in [5.41, 5.74) is 5.69. The average molecular weight is 304 g/mol. The van der Waals surface area contributed by atoms with Gasteiger partial charge in [-0.1, -0.05) is 6.92 Å². The Hall–Kier alpha value is -0.730. The highest BCUT2D eigenvalue weighted by atomic mass is 32.2. The van der Waals surface area contributed by atoms with Gasteiger partial charge < -0.3 is 5.73 Å². The fourth-order valence-electron chi connectivity index (χ4n) is 2.02. The predicted molar refractivity (Wildman–Crippen MR) is 77.6 cm³/mol. The highest BCUT2D eigenvalue weighted by molar-refractivity contribution is 7.99. The van der Waals surface area contributed by atoms with Crippen LogP contribution in [0.25, 0.3) is 0 Å². The van der Waals surface area contributed by atoms with E-state index in [2.05, 4.69) is 9.82 Å². The van der Waals surface area contributed by atoms with Crippen molar-refractivity contribution in [1.82, 2.24) is 14.5 Å². The summed E-state index contributed by atoms with van der Waals surface area (Å²) in [4.78, 5) is 0.0894. The summed E-state index contributed by atoms with van der Waals surface area (Å²) in [6, 6.07) is 0. The Balaban J connectivity index is 2.05. The number of aromatic nitrogens is 2. The van der Waals surface area contributed by atoms with E-state index in [-0.39, 0.29) is 10.7 Å². The first-order valence-corrected chi connectivity index (χ1v) is 9.07. The molecule has 1 atom stereocenters. The molecule has 1 aromatic rings. The lowest BCUT2D eigenvalue weighted by molar-refractivity contribution is 0.545. The van der Waals surface area contributed by atoms with Gasteiger partial charge in [-0.2, -0.15) is 16.9 Å². The summed E-state index contributed by atoms with van der Waals surface area (Å²) < 4.78 is 28.6. The summed E-state index contributed by atoms with van der Waals surface area (Å²) in [7, 11) is -3.54. The molecule has 2 rings (SSSR count). The first-order valence-electron chi connectivity index (χ1n) is 6.43. The molecule has 0 spiro atoms. The van der Waals surface area contributed by atoms with E-state index in [1.165, 1.54) is 6.20 Å². The van der Waals surface area contributed by atoms with Gasteiger partial charge in [-0.15, -0.1) is 0 Å². The molecule has 3 N–H and O–H groups in total. The number of thioether (sulfide) groups is 1. The number of nitrogens with two attached hydrogens (primary N) is 1. The molecule has 6 nitrogen and oxygen atoms in total. The van der Waals surface area contributed by atoms with Gasteiger partial charge in [0, 0.05) is 19.3 Å². The molecule has 108 valence electrons. The molecule has 19 heavy (non-hydrogen) atoms. The van der Waals surface area contributed by atoms with Crippen LogP contribution >= 0.6 is 11.8 Å². The van der Waals surface area contributed by atoms with Gasteiger partial charge in [-0.05, 0) is 30.3 Å². The normalized spacial score (nSPS) is 19.9. The second-order valence-electron chi connectivity index (χ2n) is 4.72. The van der Waals surface area contributed by atoms with Crippen LogP contribution in [-0.4, -0.2) is 36.2 Å². The van der Waals surface area contributed by atoms with Crippen molar-refractivity contribution in [1.29, 1.82) is 0 Å². The molecule has 0 bridgehead atoms. The Morgan fingerprint density at radius 2 is 2.42 bits per heavy atom. The Kier molecular flexibility index (Phi) is 4.75. The molecular weight excluding hydrogens is 284 g/mol. The zero-order chi connectivity index (χ0) is 13.9. The molecule has 1 fully saturated rings. The SMILES string of the molecule is CCCn1cc(S(=O)(=O)NCC2CCSC2)c(N)n1. The second kappa shape index (κ2) is 6.15. The standard InChI is InChI=1S/C11H20N4O2S2/c1-2-4-15-7-10(11(12)14-15)19(16,17)13-6-9-3-5-18-8-9/h7,9,13H,2-6,8H2,1H3,(H2,12,14). The van der Waals surface area contributed by atoms with Gasteiger partial charge in [0.25, 0.3) is 0 Å². The van der Waals surface area contributed by atoms with Crippen molar-refractivity contribution in [3.8, 4) is 0 Å². The van der Waals surface area contributed by atoms with Crippen LogP contribution in [0.5, 0.6) is 0 Å². The quantitative estimate of drug-likeness (QED) is 0.815. The third-order valence-corrected chi connectivity index (χ3v) is 5.75. The number of nitrogens with zero attached hydrogens (tertiary/aromatic N) is 2. The lowest BCUT2D eigenvalue weighted by Gasteiger charge is -2.09. The molecule has 2 heterocycles. The van der Waals surface area contributed by atoms with Gasteiger partial charge in [-0.25, -0.2) is 13.1 Å². The fourth-order valence-corrected chi connectivity index (χ4v) is 4.49. The molecule has 1 aliphatic rings. The lowest BCUT2D eigenvalue weighted by atomic mass is 10.1. The van der Waals surface area contributed by atoms with Crippen molar-refractivity contribution < 1.29 is 8.42 Å². The van der Waals surface area contributed by atoms with E-state index in [9.17, 15) is 8.42 Å². The summed E-state index contributed by atoms with van der Waals surface area (Å²) in [6.07, 6.45) is 3.45. The van der Waals surface area contributed by atoms with Crippen molar-refractivity contribution in [3.05, 3.63) is 6.20 Å². The maximum atomic E-state index is 12.2. The molecular formula is C11H20N4O2S2. The first kappa shape index (κ1) is 14.7. The number of rotatable bonds is 6. The molecule has 0 aliphatic carbocycles. The number of hydrogen-bond acceptors (Lipinski definition) is 5. The largest absolute Gasteiger partial charge is 0.381 e. The van der Waals surface area contributed by atoms with Crippen LogP contribution in [0.2, 0.25) is 0 Å². The van der Waals surface area contributed by atoms with E-state index >= 15 is 0 Å². The maximum Gasteiger partial charge on any atom is 0.245 e. The third kappa shape index (κ3) is 3.64. The summed E-state index contributed by atoms with van der Waals surface area (Å²) in [5, 5.41) is 4.02. The zero-order valence-electron chi connectivity index (χ0n) is 11.0. The third-order valence-electron chi connectivity index (χ3n) is 3.08. The minimum Gasteiger partial charge on any atom is -0.381 e. The van der Waals surface area contributed by atoms with E-state index in [4.69, 9.17) is 5.73 Å². The highest BCUT2D eigenvalue weighted by Gasteiger charge is 2.23. The van der Waals surface area contributed by atoms with Gasteiger partial charge in [0.05, 0.1) is 0 Å². The van der Waals surface area contributed by atoms with Crippen molar-refractivity contribution >= 4 is 27.6 Å². The molecule has 1 aliphatic heterocycles. The molecule has 8 heteroatoms. The topological polar surface area (TPSA) is 90.0 Å². The maximum absolute atomic E-state index is 12.2. The van der Waals surface area contributed by atoms with E-state index in [1.54, 1.807) is 4.68 Å². The minimum absolute atomic E-state index is 0.0711. The van der Waals surface area contributed by atoms with Crippen LogP contribution in [0, 0.1) is 5.92 Å². The Labute approximate surface area is 118 Å². The van der Waals surface area contributed by atoms with Crippen molar-refractivity contribution in [2.24, 2.45) is 5.92 Å². The van der Waals surface area contributed by atoms with Crippen LogP contribution in [0.1, 0.15) is 19.8 Å². The molecule has 1 aromatic heterocycles. The number of anilines is 1. The van der Waals surface area contributed by atoms with Crippen molar-refractivity contribution in [2.75, 3.05) is 23.8 Å². The van der Waals surface area contributed by atoms with Gasteiger partial charge in [-0.3, -0.25) is 4.68 Å². The number of hydrogen-bond donors (Lipinski definition) is 2. The van der Waals surface area contributed by atoms with Crippen molar-refractivity contribution in [3.63, 3.8) is 0 Å². The fraction of sp³-hybridized carbons (Fsp3) is 0.727. The van der Waals surface area contributed by atoms with Crippen LogP contribution in [0.4, 0.5) is 5.82 Å². The van der Waals surface area contributed by atoms with E-state index in [0.29, 0.717) is 19.0 Å². The van der Waals surface area contributed by atoms with Gasteiger partial charge in [0.1, 0.15) is 4.90 Å². The molecule has 0 saturated carbocycles. The van der Waals surface area contributed by atoms with E-state index < -0.39 is 10.0 Å². The van der Waals surface area contributed by atoms with Gasteiger partial charge in [0.15, 0.2) is 5.82 Å². The smallest absolute Gasteiger partial charge is 0.245 e. The molecule has 1 unspecified atom stereocenters. The minimum atomic E-state index is -3.54. The van der Waals surface area contributed by atoms with Crippen molar-refractivity contribution in [2.45, 2.75) is 31.2 Å². The monoisotopic (exact) mass is 304 g/mol. The second-order valence-corrected chi connectivity index (χ2v) is 7.61. The number of sulfonamides is 1. The number of nitrogen functional groups attached to an aromatic ring is 1. The average Bonchev–Trinajstić information content (AvgIpc) is 2.97. The summed E-state index contributed by atoms with van der Waals surface area (Å²) in [6.45, 7) is 3.15. The molecule has 0 aromatic carbocycles. The van der Waals surface area contributed by atoms with Crippen LogP contribution in [-0.2, 0) is 16.6 Å². The number of nitrogens with one attached hydrogen (secondary N) is 1. The first-order chi connectivity index (χ1) is 9.03. The van der Waals surface area contributed by atoms with Crippen LogP contribution < -0.4 is 10.5 Å². The number of aryl methyl sites for hydroxylation is 1. The highest BCUT2D eigenvalue weighted by Crippen LogP contribution is 2.23. The summed E-state index contributed by atoms with van der Waals surface area (Å²) in [5.74, 6) is 2.63. The molecule has 0 amide bonds. The van der Waals surface area contributed by atoms with E-state index in [1.807, 2.05) is 18.7 Å². The Bertz CT molecular complexity index is 521. The zero-order valence-corrected chi connectivity index (χ0v) is 12.6. The molecule has 1 saturated heterocycles. The lowest BCUT2D eigenvalue weighted by Crippen LogP contribution is -2.29. The predicted octanol–water partition coefficient (Wildman–Crippen LogP) is 0.907. The summed E-state index contributed by atoms with van der Waals surface area (Å²) >= 11 is 1.87. The van der Waals surface area contributed by atoms with Gasteiger partial charge >= 0.3 is 0 Å². The van der Waals surface area contributed by atoms with Crippen LogP contribution in [0.15, 0.2) is 11.1 Å². The molecule has 0 radical (unpaired) electrons.